The fourth-order valence-corrected chi connectivity index (χ4v) is 0.309. The number of alkyl halides is 3. The summed E-state index contributed by atoms with van der Waals surface area (Å²) in [5.74, 6) is -1.91. The molecule has 5 heteroatoms. The summed E-state index contributed by atoms with van der Waals surface area (Å²) >= 11 is 0. The van der Waals surface area contributed by atoms with Gasteiger partial charge in [-0.2, -0.15) is 13.2 Å². The Labute approximate surface area is 61.2 Å². The second-order valence-corrected chi connectivity index (χ2v) is 1.79. The summed E-state index contributed by atoms with van der Waals surface area (Å²) in [6, 6.07) is 0. The van der Waals surface area contributed by atoms with Gasteiger partial charge in [0.15, 0.2) is 0 Å². The van der Waals surface area contributed by atoms with Crippen molar-refractivity contribution >= 4 is 5.78 Å². The van der Waals surface area contributed by atoms with Crippen LogP contribution in [0.3, 0.4) is 0 Å². The average molecular weight is 166 g/mol. The van der Waals surface area contributed by atoms with Crippen molar-refractivity contribution in [2.75, 3.05) is 0 Å². The third kappa shape index (κ3) is 3.57. The molecule has 0 aliphatic carbocycles. The lowest BCUT2D eigenvalue weighted by Crippen LogP contribution is -2.47. The van der Waals surface area contributed by atoms with E-state index >= 15 is 0 Å². The topological polar surface area (TPSA) is 44.7 Å². The van der Waals surface area contributed by atoms with E-state index in [2.05, 4.69) is 12.3 Å². The normalized spacial score (nSPS) is 12.9. The fraction of sp³-hybridized carbons (Fsp3) is 0.167. The summed E-state index contributed by atoms with van der Waals surface area (Å²) in [6.45, 7) is 3.15. The molecule has 0 spiro atoms. The van der Waals surface area contributed by atoms with Crippen LogP contribution in [0, 0.1) is 0 Å². The molecule has 0 aromatic rings. The van der Waals surface area contributed by atoms with Crippen molar-refractivity contribution in [2.24, 2.45) is 0 Å². The first-order valence-corrected chi connectivity index (χ1v) is 2.65. The minimum absolute atomic E-state index is 0.0488. The van der Waals surface area contributed by atoms with Crippen LogP contribution in [0.1, 0.15) is 0 Å². The van der Waals surface area contributed by atoms with Gasteiger partial charge in [0.1, 0.15) is 5.70 Å². The van der Waals surface area contributed by atoms with Gasteiger partial charge in [-0.1, -0.05) is 6.58 Å². The second kappa shape index (κ2) is 3.34. The molecule has 0 aliphatic heterocycles. The number of hydrogen-bond donors (Lipinski definition) is 1. The largest absolute Gasteiger partial charge is 0.454 e. The first-order chi connectivity index (χ1) is 4.88. The van der Waals surface area contributed by atoms with Gasteiger partial charge < -0.3 is 5.73 Å². The molecule has 11 heavy (non-hydrogen) atoms. The molecule has 0 radical (unpaired) electrons. The van der Waals surface area contributed by atoms with Crippen molar-refractivity contribution in [1.29, 1.82) is 0 Å². The summed E-state index contributed by atoms with van der Waals surface area (Å²) in [7, 11) is 0. The van der Waals surface area contributed by atoms with E-state index in [1.807, 2.05) is 0 Å². The highest BCUT2D eigenvalue weighted by Crippen LogP contribution is 2.16. The van der Waals surface area contributed by atoms with Crippen LogP contribution >= 0.6 is 0 Å². The Morgan fingerprint density at radius 3 is 2.18 bits per heavy atom. The fourth-order valence-electron chi connectivity index (χ4n) is 0.309. The summed E-state index contributed by atoms with van der Waals surface area (Å²) in [6.07, 6.45) is -3.34. The molecular formula is C6H7F3NO+. The molecule has 0 aromatic carbocycles. The molecule has 0 aliphatic rings. The summed E-state index contributed by atoms with van der Waals surface area (Å²) < 4.78 is 34.5. The monoisotopic (exact) mass is 166 g/mol. The number of allylic oxidation sites excluding steroid dienone is 2. The molecule has 0 rings (SSSR count). The number of halogens is 3. The molecule has 0 saturated heterocycles. The van der Waals surface area contributed by atoms with Gasteiger partial charge in [-0.15, -0.1) is 0 Å². The highest BCUT2D eigenvalue weighted by atomic mass is 19.4. The Morgan fingerprint density at radius 1 is 1.45 bits per heavy atom. The van der Waals surface area contributed by atoms with Crippen LogP contribution in [0.4, 0.5) is 13.2 Å². The zero-order valence-electron chi connectivity index (χ0n) is 5.61. The maximum atomic E-state index is 11.5. The number of rotatable bonds is 2. The zero-order valence-corrected chi connectivity index (χ0v) is 5.61. The number of carbonyl (C=O) groups is 1. The van der Waals surface area contributed by atoms with Gasteiger partial charge in [-0.05, 0) is 6.08 Å². The molecular weight excluding hydrogens is 159 g/mol. The van der Waals surface area contributed by atoms with Gasteiger partial charge in [-0.3, -0.25) is 4.79 Å². The van der Waals surface area contributed by atoms with Gasteiger partial charge in [0.05, 0.1) is 6.08 Å². The molecule has 3 N–H and O–H groups in total. The third-order valence-corrected chi connectivity index (χ3v) is 0.858. The molecule has 0 heterocycles. The van der Waals surface area contributed by atoms with Gasteiger partial charge in [-0.25, -0.2) is 0 Å². The average Bonchev–Trinajstić information content (AvgIpc) is 1.85. The molecule has 0 bridgehead atoms. The Hall–Kier alpha value is -1.10. The number of hydrogen-bond acceptors (Lipinski definition) is 1. The van der Waals surface area contributed by atoms with E-state index in [4.69, 9.17) is 0 Å². The molecule has 0 aromatic heterocycles. The van der Waals surface area contributed by atoms with Crippen molar-refractivity contribution in [1.82, 2.24) is 0 Å². The van der Waals surface area contributed by atoms with Crippen LogP contribution in [0.5, 0.6) is 0 Å². The van der Waals surface area contributed by atoms with Gasteiger partial charge in [0, 0.05) is 0 Å². The van der Waals surface area contributed by atoms with Crippen molar-refractivity contribution in [3.63, 3.8) is 0 Å². The van der Waals surface area contributed by atoms with Crippen LogP contribution in [-0.2, 0) is 4.79 Å². The highest BCUT2D eigenvalue weighted by molar-refractivity contribution is 5.94. The quantitative estimate of drug-likeness (QED) is 0.469. The molecule has 0 unspecified atom stereocenters. The zero-order chi connectivity index (χ0) is 9.07. The second-order valence-electron chi connectivity index (χ2n) is 1.79. The van der Waals surface area contributed by atoms with Crippen molar-refractivity contribution < 1.29 is 23.7 Å². The van der Waals surface area contributed by atoms with Crippen molar-refractivity contribution in [3.05, 3.63) is 24.4 Å². The summed E-state index contributed by atoms with van der Waals surface area (Å²) in [5, 5.41) is 0. The van der Waals surface area contributed by atoms with E-state index in [9.17, 15) is 18.0 Å². The van der Waals surface area contributed by atoms with Crippen LogP contribution < -0.4 is 5.73 Å². The molecule has 0 amide bonds. The van der Waals surface area contributed by atoms with Gasteiger partial charge in [0.2, 0.25) is 0 Å². The molecule has 0 atom stereocenters. The van der Waals surface area contributed by atoms with Crippen molar-refractivity contribution in [2.45, 2.75) is 6.18 Å². The first kappa shape index (κ1) is 9.90. The molecule has 0 saturated carbocycles. The van der Waals surface area contributed by atoms with Crippen LogP contribution in [0.2, 0.25) is 0 Å². The Morgan fingerprint density at radius 2 is 1.91 bits per heavy atom. The van der Waals surface area contributed by atoms with E-state index in [0.717, 1.165) is 6.08 Å². The lowest BCUT2D eigenvalue weighted by Gasteiger charge is -1.98. The maximum Gasteiger partial charge on any atom is 0.454 e. The maximum absolute atomic E-state index is 11.5. The summed E-state index contributed by atoms with van der Waals surface area (Å²) in [5.41, 5.74) is 3.08. The van der Waals surface area contributed by atoms with E-state index in [1.165, 1.54) is 0 Å². The minimum Gasteiger partial charge on any atom is -0.325 e. The van der Waals surface area contributed by atoms with E-state index < -0.39 is 12.0 Å². The minimum atomic E-state index is -4.81. The Balaban J connectivity index is 4.42. The van der Waals surface area contributed by atoms with Crippen molar-refractivity contribution in [3.8, 4) is 0 Å². The SMILES string of the molecule is C=C/C([NH3+])=C\C(=O)C(F)(F)F. The first-order valence-electron chi connectivity index (χ1n) is 2.65. The van der Waals surface area contributed by atoms with Crippen LogP contribution in [-0.4, -0.2) is 12.0 Å². The summed E-state index contributed by atoms with van der Waals surface area (Å²) in [4.78, 5) is 10.1. The predicted octanol–water partition coefficient (Wildman–Crippen LogP) is 0.430. The highest BCUT2D eigenvalue weighted by Gasteiger charge is 2.36. The lowest BCUT2D eigenvalue weighted by molar-refractivity contribution is -0.295. The number of ketones is 1. The van der Waals surface area contributed by atoms with E-state index in [-0.39, 0.29) is 5.70 Å². The molecule has 2 nitrogen and oxygen atoms in total. The lowest BCUT2D eigenvalue weighted by atomic mass is 10.3. The molecule has 62 valence electrons. The van der Waals surface area contributed by atoms with E-state index in [1.54, 1.807) is 0 Å². The molecule has 0 fully saturated rings. The van der Waals surface area contributed by atoms with E-state index in [0.29, 0.717) is 6.08 Å². The van der Waals surface area contributed by atoms with Gasteiger partial charge in [0.25, 0.3) is 5.78 Å². The van der Waals surface area contributed by atoms with Gasteiger partial charge >= 0.3 is 6.18 Å². The predicted molar refractivity (Wildman–Crippen MR) is 32.2 cm³/mol. The third-order valence-electron chi connectivity index (χ3n) is 0.858. The number of quaternary nitrogens is 1. The Bertz CT molecular complexity index is 204. The van der Waals surface area contributed by atoms with Crippen LogP contribution in [0.25, 0.3) is 0 Å². The smallest absolute Gasteiger partial charge is 0.325 e. The van der Waals surface area contributed by atoms with Crippen LogP contribution in [0.15, 0.2) is 24.4 Å². The standard InChI is InChI=1S/C6H6F3NO/c1-2-4(10)3-5(11)6(7,8)9/h2-3H,1,10H2/p+1/b4-3+. The Kier molecular flexibility index (Phi) is 3.00. The number of carbonyl (C=O) groups excluding carboxylic acids is 1.